The average molecular weight is 102 g/mol. The van der Waals surface area contributed by atoms with Crippen LogP contribution in [0.25, 0.3) is 0 Å². The lowest BCUT2D eigenvalue weighted by Crippen LogP contribution is -1.53. The van der Waals surface area contributed by atoms with E-state index in [9.17, 15) is 0 Å². The van der Waals surface area contributed by atoms with E-state index in [-0.39, 0.29) is 0 Å². The van der Waals surface area contributed by atoms with Crippen molar-refractivity contribution in [2.75, 3.05) is 0 Å². The van der Waals surface area contributed by atoms with Gasteiger partial charge in [0.2, 0.25) is 0 Å². The first-order valence-corrected chi connectivity index (χ1v) is 5.23. The molecule has 0 aromatic heterocycles. The van der Waals surface area contributed by atoms with Gasteiger partial charge in [-0.3, -0.25) is 0 Å². The van der Waals surface area contributed by atoms with E-state index in [4.69, 9.17) is 0 Å². The molecule has 0 amide bonds. The lowest BCUT2D eigenvalue weighted by molar-refractivity contribution is 1.80. The fourth-order valence-corrected chi connectivity index (χ4v) is 0. The molecule has 0 aromatic rings. The van der Waals surface area contributed by atoms with E-state index < -0.39 is 0 Å². The molecule has 0 aromatic carbocycles. The van der Waals surface area contributed by atoms with Crippen LogP contribution in [0.4, 0.5) is 0 Å². The minimum atomic E-state index is 0.417. The molecule has 0 aliphatic heterocycles. The summed E-state index contributed by atoms with van der Waals surface area (Å²) in [7, 11) is 0.417. The maximum absolute atomic E-state index is 3.36. The Kier molecular flexibility index (Phi) is 31.6. The van der Waals surface area contributed by atoms with Crippen molar-refractivity contribution in [3.05, 3.63) is 12.7 Å². The number of hydrogen-bond acceptors (Lipinski definition) is 0. The number of allylic oxidation sites excluding steroid dienone is 1. The van der Waals surface area contributed by atoms with Gasteiger partial charge in [0.15, 0.2) is 0 Å². The quantitative estimate of drug-likeness (QED) is 0.321. The van der Waals surface area contributed by atoms with Crippen LogP contribution in [0.3, 0.4) is 0 Å². The first-order chi connectivity index (χ1) is 2.83. The van der Waals surface area contributed by atoms with Gasteiger partial charge in [-0.25, -0.2) is 0 Å². The van der Waals surface area contributed by atoms with Gasteiger partial charge in [0, 0.05) is 9.52 Å². The Hall–Kier alpha value is -0.0431. The van der Waals surface area contributed by atoms with Gasteiger partial charge in [0.25, 0.3) is 0 Å². The third-order valence-corrected chi connectivity index (χ3v) is 0. The Balaban J connectivity index is 0. The van der Waals surface area contributed by atoms with Crippen molar-refractivity contribution in [2.45, 2.75) is 20.0 Å². The summed E-state index contributed by atoms with van der Waals surface area (Å²) in [6.07, 6.45) is 1.75. The fraction of sp³-hybridized carbons (Fsp3) is 0.600. The van der Waals surface area contributed by atoms with E-state index in [1.807, 2.05) is 6.92 Å². The predicted octanol–water partition coefficient (Wildman–Crippen LogP) is 1.44. The highest BCUT2D eigenvalue weighted by Crippen LogP contribution is 1.38. The number of hydrogen-bond donors (Lipinski definition) is 0. The van der Waals surface area contributed by atoms with Gasteiger partial charge in [-0.1, -0.05) is 19.2 Å². The molecular weight excluding hydrogens is 88.1 g/mol. The van der Waals surface area contributed by atoms with Gasteiger partial charge >= 0.3 is 0 Å². The van der Waals surface area contributed by atoms with Crippen molar-refractivity contribution < 1.29 is 0 Å². The van der Waals surface area contributed by atoms with Crippen LogP contribution >= 0.6 is 0 Å². The fourth-order valence-electron chi connectivity index (χ4n) is 0. The highest BCUT2D eigenvalue weighted by molar-refractivity contribution is 6.31. The van der Waals surface area contributed by atoms with E-state index in [2.05, 4.69) is 19.7 Å². The second-order valence-electron chi connectivity index (χ2n) is 1.12. The molecule has 0 unspecified atom stereocenters. The topological polar surface area (TPSA) is 0 Å². The SMILES string of the molecule is C=CC.C[SiH2]C. The molecule has 38 valence electrons. The van der Waals surface area contributed by atoms with E-state index in [0.717, 1.165) is 0 Å². The van der Waals surface area contributed by atoms with E-state index >= 15 is 0 Å². The van der Waals surface area contributed by atoms with Crippen LogP contribution in [0.2, 0.25) is 13.1 Å². The summed E-state index contributed by atoms with van der Waals surface area (Å²) in [5.74, 6) is 0. The molecule has 0 saturated carbocycles. The van der Waals surface area contributed by atoms with Crippen LogP contribution < -0.4 is 0 Å². The summed E-state index contributed by atoms with van der Waals surface area (Å²) >= 11 is 0. The molecule has 0 nitrogen and oxygen atoms in total. The smallest absolute Gasteiger partial charge is 0.0135 e. The van der Waals surface area contributed by atoms with E-state index in [0.29, 0.717) is 9.52 Å². The van der Waals surface area contributed by atoms with Crippen molar-refractivity contribution in [3.63, 3.8) is 0 Å². The maximum atomic E-state index is 3.36. The molecule has 0 saturated heterocycles. The van der Waals surface area contributed by atoms with Crippen molar-refractivity contribution in [1.29, 1.82) is 0 Å². The number of rotatable bonds is 0. The van der Waals surface area contributed by atoms with Crippen LogP contribution in [-0.2, 0) is 0 Å². The average Bonchev–Trinajstić information content (AvgIpc) is 1.39. The molecule has 1 heteroatoms. The second-order valence-corrected chi connectivity index (χ2v) is 2.53. The van der Waals surface area contributed by atoms with Crippen molar-refractivity contribution in [1.82, 2.24) is 0 Å². The Morgan fingerprint density at radius 1 is 1.50 bits per heavy atom. The van der Waals surface area contributed by atoms with Crippen molar-refractivity contribution in [2.24, 2.45) is 0 Å². The van der Waals surface area contributed by atoms with E-state index in [1.54, 1.807) is 6.08 Å². The molecule has 0 spiro atoms. The Morgan fingerprint density at radius 3 is 1.50 bits per heavy atom. The standard InChI is InChI=1S/C3H6.C2H8Si/c2*1-3-2/h3H,1H2,2H3;3H2,1-2H3. The minimum Gasteiger partial charge on any atom is -0.103 e. The molecule has 0 fully saturated rings. The second kappa shape index (κ2) is 20.3. The van der Waals surface area contributed by atoms with Gasteiger partial charge in [-0.05, 0) is 6.92 Å². The van der Waals surface area contributed by atoms with Gasteiger partial charge < -0.3 is 0 Å². The zero-order chi connectivity index (χ0) is 5.41. The van der Waals surface area contributed by atoms with E-state index in [1.165, 1.54) is 0 Å². The first kappa shape index (κ1) is 9.35. The maximum Gasteiger partial charge on any atom is 0.0135 e. The van der Waals surface area contributed by atoms with Crippen LogP contribution in [0, 0.1) is 0 Å². The molecular formula is C5H14Si. The molecule has 6 heavy (non-hydrogen) atoms. The first-order valence-electron chi connectivity index (χ1n) is 2.40. The summed E-state index contributed by atoms with van der Waals surface area (Å²) in [5, 5.41) is 0. The van der Waals surface area contributed by atoms with Gasteiger partial charge in [0.1, 0.15) is 0 Å². The van der Waals surface area contributed by atoms with Crippen LogP contribution in [0.5, 0.6) is 0 Å². The van der Waals surface area contributed by atoms with Gasteiger partial charge in [0.05, 0.1) is 0 Å². The molecule has 0 aliphatic carbocycles. The third kappa shape index (κ3) is 18600. The van der Waals surface area contributed by atoms with Crippen molar-refractivity contribution >= 4 is 9.52 Å². The lowest BCUT2D eigenvalue weighted by Gasteiger charge is -1.45. The van der Waals surface area contributed by atoms with Crippen LogP contribution in [0.15, 0.2) is 12.7 Å². The van der Waals surface area contributed by atoms with Crippen LogP contribution in [0.1, 0.15) is 6.92 Å². The summed E-state index contributed by atoms with van der Waals surface area (Å²) in [4.78, 5) is 0. The molecule has 0 bridgehead atoms. The Morgan fingerprint density at radius 2 is 1.50 bits per heavy atom. The lowest BCUT2D eigenvalue weighted by atomic mass is 10.8. The van der Waals surface area contributed by atoms with Gasteiger partial charge in [-0.15, -0.1) is 6.58 Å². The van der Waals surface area contributed by atoms with Crippen molar-refractivity contribution in [3.8, 4) is 0 Å². The third-order valence-electron chi connectivity index (χ3n) is 0. The molecule has 0 N–H and O–H groups in total. The highest BCUT2D eigenvalue weighted by atomic mass is 28.2. The normalized spacial score (nSPS) is 5.17. The highest BCUT2D eigenvalue weighted by Gasteiger charge is 1.38. The zero-order valence-corrected chi connectivity index (χ0v) is 6.41. The molecule has 0 radical (unpaired) electrons. The summed E-state index contributed by atoms with van der Waals surface area (Å²) in [5.41, 5.74) is 0. The molecule has 0 atom stereocenters. The predicted molar refractivity (Wildman–Crippen MR) is 36.1 cm³/mol. The monoisotopic (exact) mass is 102 g/mol. The Bertz CT molecular complexity index is 17.9. The summed E-state index contributed by atoms with van der Waals surface area (Å²) in [6.45, 7) is 9.78. The zero-order valence-electron chi connectivity index (χ0n) is 4.99. The summed E-state index contributed by atoms with van der Waals surface area (Å²) < 4.78 is 0. The molecule has 0 rings (SSSR count). The Labute approximate surface area is 43.1 Å². The summed E-state index contributed by atoms with van der Waals surface area (Å²) in [6, 6.07) is 0. The largest absolute Gasteiger partial charge is 0.103 e. The molecule has 0 aliphatic rings. The minimum absolute atomic E-state index is 0.417. The van der Waals surface area contributed by atoms with Gasteiger partial charge in [-0.2, -0.15) is 0 Å². The van der Waals surface area contributed by atoms with Crippen LogP contribution in [-0.4, -0.2) is 9.52 Å². The molecule has 0 heterocycles.